The molecule has 45 heavy (non-hydrogen) atoms. The molecule has 2 aromatic heterocycles. The standard InChI is InChI=1S/C41H31NO2Si/c1-45(2,3)28-22-20-27(21-23-28)42(35-17-10-16-33-31-14-8-9-18-37(31)43-41(33)35)36-25-38-39(32-15-7-6-13-30(32)36)34-24-19-26-11-4-5-12-29(26)40(34)44-38/h4-25H,1-3H3. The summed E-state index contributed by atoms with van der Waals surface area (Å²) in [4.78, 5) is 2.35. The molecule has 3 nitrogen and oxygen atoms in total. The molecular formula is C41H31NO2Si. The first kappa shape index (κ1) is 26.1. The molecule has 0 amide bonds. The van der Waals surface area contributed by atoms with Crippen molar-refractivity contribution in [3.05, 3.63) is 133 Å². The number of anilines is 3. The third-order valence-electron chi connectivity index (χ3n) is 9.20. The molecule has 0 atom stereocenters. The maximum absolute atomic E-state index is 6.79. The van der Waals surface area contributed by atoms with E-state index in [4.69, 9.17) is 8.83 Å². The number of rotatable bonds is 4. The summed E-state index contributed by atoms with van der Waals surface area (Å²) in [6.07, 6.45) is 0. The Morgan fingerprint density at radius 2 is 1.13 bits per heavy atom. The van der Waals surface area contributed by atoms with Gasteiger partial charge in [0.05, 0.1) is 19.4 Å². The fourth-order valence-electron chi connectivity index (χ4n) is 6.96. The molecule has 0 saturated heterocycles. The van der Waals surface area contributed by atoms with Crippen LogP contribution >= 0.6 is 0 Å². The monoisotopic (exact) mass is 597 g/mol. The summed E-state index contributed by atoms with van der Waals surface area (Å²) in [6, 6.07) is 47.7. The maximum Gasteiger partial charge on any atom is 0.159 e. The zero-order valence-corrected chi connectivity index (χ0v) is 26.5. The minimum absolute atomic E-state index is 0.868. The number of hydrogen-bond acceptors (Lipinski definition) is 3. The largest absolute Gasteiger partial charge is 0.455 e. The van der Waals surface area contributed by atoms with Gasteiger partial charge >= 0.3 is 0 Å². The van der Waals surface area contributed by atoms with E-state index in [1.54, 1.807) is 0 Å². The van der Waals surface area contributed by atoms with E-state index in [-0.39, 0.29) is 0 Å². The van der Waals surface area contributed by atoms with Crippen LogP contribution in [0.25, 0.3) is 65.4 Å². The van der Waals surface area contributed by atoms with Crippen molar-refractivity contribution in [3.63, 3.8) is 0 Å². The van der Waals surface area contributed by atoms with E-state index in [2.05, 4.69) is 146 Å². The third kappa shape index (κ3) is 3.96. The molecule has 0 saturated carbocycles. The molecule has 0 aliphatic heterocycles. The quantitative estimate of drug-likeness (QED) is 0.189. The van der Waals surface area contributed by atoms with Crippen LogP contribution in [-0.2, 0) is 0 Å². The molecule has 0 radical (unpaired) electrons. The van der Waals surface area contributed by atoms with Gasteiger partial charge in [-0.15, -0.1) is 0 Å². The van der Waals surface area contributed by atoms with Gasteiger partial charge in [-0.1, -0.05) is 122 Å². The number of fused-ring (bicyclic) bond motifs is 10. The molecule has 0 aliphatic carbocycles. The van der Waals surface area contributed by atoms with Gasteiger partial charge in [0.15, 0.2) is 5.58 Å². The number of para-hydroxylation sites is 2. The van der Waals surface area contributed by atoms with Crippen molar-refractivity contribution < 1.29 is 8.83 Å². The minimum Gasteiger partial charge on any atom is -0.455 e. The molecule has 9 rings (SSSR count). The molecule has 0 spiro atoms. The van der Waals surface area contributed by atoms with Crippen LogP contribution in [0, 0.1) is 0 Å². The first-order valence-electron chi connectivity index (χ1n) is 15.5. The molecule has 0 N–H and O–H groups in total. The lowest BCUT2D eigenvalue weighted by Gasteiger charge is -2.28. The zero-order chi connectivity index (χ0) is 30.3. The van der Waals surface area contributed by atoms with Gasteiger partial charge in [0.25, 0.3) is 0 Å². The lowest BCUT2D eigenvalue weighted by molar-refractivity contribution is 0.668. The Morgan fingerprint density at radius 1 is 0.467 bits per heavy atom. The van der Waals surface area contributed by atoms with E-state index < -0.39 is 8.07 Å². The van der Waals surface area contributed by atoms with Gasteiger partial charge in [-0.2, -0.15) is 0 Å². The molecule has 216 valence electrons. The highest BCUT2D eigenvalue weighted by molar-refractivity contribution is 6.88. The van der Waals surface area contributed by atoms with E-state index in [0.717, 1.165) is 71.7 Å². The summed E-state index contributed by atoms with van der Waals surface area (Å²) < 4.78 is 13.4. The number of hydrogen-bond donors (Lipinski definition) is 0. The first-order chi connectivity index (χ1) is 22.0. The van der Waals surface area contributed by atoms with E-state index in [1.807, 2.05) is 12.1 Å². The average molecular weight is 598 g/mol. The first-order valence-corrected chi connectivity index (χ1v) is 19.0. The van der Waals surface area contributed by atoms with Crippen molar-refractivity contribution in [3.8, 4) is 0 Å². The Kier molecular flexibility index (Phi) is 5.56. The van der Waals surface area contributed by atoms with Crippen LogP contribution in [0.4, 0.5) is 17.1 Å². The van der Waals surface area contributed by atoms with Gasteiger partial charge < -0.3 is 13.7 Å². The molecule has 0 aliphatic rings. The number of benzene rings is 7. The predicted molar refractivity (Wildman–Crippen MR) is 194 cm³/mol. The SMILES string of the molecule is C[Si](C)(C)c1ccc(N(c2cc3oc4c5ccccc5ccc4c3c3ccccc23)c2cccc3c2oc2ccccc23)cc1. The van der Waals surface area contributed by atoms with Gasteiger partial charge in [0.1, 0.15) is 16.7 Å². The van der Waals surface area contributed by atoms with Crippen molar-refractivity contribution in [2.45, 2.75) is 19.6 Å². The second kappa shape index (κ2) is 9.59. The van der Waals surface area contributed by atoms with Gasteiger partial charge in [0.2, 0.25) is 0 Å². The smallest absolute Gasteiger partial charge is 0.159 e. The molecule has 7 aromatic carbocycles. The predicted octanol–water partition coefficient (Wildman–Crippen LogP) is 11.8. The summed E-state index contributed by atoms with van der Waals surface area (Å²) >= 11 is 0. The molecule has 0 fully saturated rings. The van der Waals surface area contributed by atoms with Crippen LogP contribution in [0.5, 0.6) is 0 Å². The van der Waals surface area contributed by atoms with Crippen LogP contribution < -0.4 is 10.1 Å². The van der Waals surface area contributed by atoms with Crippen LogP contribution in [0.15, 0.2) is 142 Å². The van der Waals surface area contributed by atoms with Crippen LogP contribution in [0.2, 0.25) is 19.6 Å². The third-order valence-corrected chi connectivity index (χ3v) is 11.3. The van der Waals surface area contributed by atoms with Crippen molar-refractivity contribution in [2.24, 2.45) is 0 Å². The number of furan rings is 2. The maximum atomic E-state index is 6.79. The zero-order valence-electron chi connectivity index (χ0n) is 25.5. The van der Waals surface area contributed by atoms with Gasteiger partial charge in [0, 0.05) is 44.1 Å². The van der Waals surface area contributed by atoms with Crippen LogP contribution in [0.3, 0.4) is 0 Å². The summed E-state index contributed by atoms with van der Waals surface area (Å²) in [5, 5.41) is 10.6. The lowest BCUT2D eigenvalue weighted by Crippen LogP contribution is -2.37. The van der Waals surface area contributed by atoms with Gasteiger partial charge in [-0.25, -0.2) is 0 Å². The Bertz CT molecular complexity index is 2580. The Hall–Kier alpha value is -5.32. The highest BCUT2D eigenvalue weighted by Crippen LogP contribution is 2.47. The molecule has 9 aromatic rings. The normalized spacial score (nSPS) is 12.3. The Labute approximate surface area is 261 Å². The molecular weight excluding hydrogens is 567 g/mol. The molecule has 0 bridgehead atoms. The van der Waals surface area contributed by atoms with Crippen LogP contribution in [-0.4, -0.2) is 8.07 Å². The Balaban J connectivity index is 1.39. The molecule has 0 unspecified atom stereocenters. The Morgan fingerprint density at radius 3 is 1.93 bits per heavy atom. The summed E-state index contributed by atoms with van der Waals surface area (Å²) in [5.74, 6) is 0. The molecule has 4 heteroatoms. The lowest BCUT2D eigenvalue weighted by atomic mass is 9.99. The fourth-order valence-corrected chi connectivity index (χ4v) is 8.13. The van der Waals surface area contributed by atoms with Crippen molar-refractivity contribution in [1.29, 1.82) is 0 Å². The van der Waals surface area contributed by atoms with Gasteiger partial charge in [-0.05, 0) is 41.1 Å². The van der Waals surface area contributed by atoms with Crippen molar-refractivity contribution in [2.75, 3.05) is 4.90 Å². The summed E-state index contributed by atoms with van der Waals surface area (Å²) in [6.45, 7) is 7.17. The average Bonchev–Trinajstić information content (AvgIpc) is 3.64. The van der Waals surface area contributed by atoms with E-state index in [1.165, 1.54) is 16.0 Å². The number of nitrogens with zero attached hydrogens (tertiary/aromatic N) is 1. The van der Waals surface area contributed by atoms with Crippen LogP contribution in [0.1, 0.15) is 0 Å². The van der Waals surface area contributed by atoms with E-state index in [0.29, 0.717) is 0 Å². The topological polar surface area (TPSA) is 29.5 Å². The van der Waals surface area contributed by atoms with Crippen molar-refractivity contribution in [1.82, 2.24) is 0 Å². The second-order valence-electron chi connectivity index (χ2n) is 13.0. The second-order valence-corrected chi connectivity index (χ2v) is 18.0. The highest BCUT2D eigenvalue weighted by Gasteiger charge is 2.24. The summed E-state index contributed by atoms with van der Waals surface area (Å²) in [7, 11) is -1.49. The van der Waals surface area contributed by atoms with Gasteiger partial charge in [-0.3, -0.25) is 0 Å². The van der Waals surface area contributed by atoms with E-state index >= 15 is 0 Å². The molecule has 2 heterocycles. The fraction of sp³-hybridized carbons (Fsp3) is 0.0732. The van der Waals surface area contributed by atoms with Crippen molar-refractivity contribution >= 4 is 95.7 Å². The summed E-state index contributed by atoms with van der Waals surface area (Å²) in [5.41, 5.74) is 6.68. The highest BCUT2D eigenvalue weighted by atomic mass is 28.3. The minimum atomic E-state index is -1.49. The van der Waals surface area contributed by atoms with E-state index in [9.17, 15) is 0 Å².